The Morgan fingerprint density at radius 3 is 2.71 bits per heavy atom. The fraction of sp³-hybridized carbons (Fsp3) is 0.118. The minimum atomic E-state index is -1.02. The molecule has 2 aromatic rings. The van der Waals surface area contributed by atoms with E-state index in [1.165, 1.54) is 6.08 Å². The van der Waals surface area contributed by atoms with E-state index in [9.17, 15) is 4.79 Å². The number of carboxylic acids is 1. The van der Waals surface area contributed by atoms with Gasteiger partial charge >= 0.3 is 5.97 Å². The maximum Gasteiger partial charge on any atom is 0.328 e. The van der Waals surface area contributed by atoms with Crippen LogP contribution in [0.4, 0.5) is 0 Å². The molecule has 0 atom stereocenters. The Morgan fingerprint density at radius 1 is 1.24 bits per heavy atom. The first-order valence-electron chi connectivity index (χ1n) is 6.56. The molecule has 0 unspecified atom stereocenters. The second kappa shape index (κ2) is 6.95. The number of aryl methyl sites for hydroxylation is 1. The lowest BCUT2D eigenvalue weighted by Gasteiger charge is -2.12. The van der Waals surface area contributed by atoms with Crippen LogP contribution in [-0.4, -0.2) is 11.1 Å². The summed E-state index contributed by atoms with van der Waals surface area (Å²) in [5.41, 5.74) is 1.71. The summed E-state index contributed by atoms with van der Waals surface area (Å²) in [6.07, 6.45) is 3.38. The monoisotopic (exact) mass is 302 g/mol. The number of ether oxygens (including phenoxy) is 1. The fourth-order valence-electron chi connectivity index (χ4n) is 1.92. The molecule has 0 fully saturated rings. The minimum absolute atomic E-state index is 0.524. The second-order valence-corrected chi connectivity index (χ2v) is 4.85. The van der Waals surface area contributed by atoms with E-state index in [4.69, 9.17) is 21.4 Å². The minimum Gasteiger partial charge on any atom is -0.478 e. The average molecular weight is 303 g/mol. The van der Waals surface area contributed by atoms with Crippen molar-refractivity contribution in [3.05, 3.63) is 64.7 Å². The van der Waals surface area contributed by atoms with E-state index in [0.717, 1.165) is 23.8 Å². The zero-order valence-corrected chi connectivity index (χ0v) is 12.3. The highest BCUT2D eigenvalue weighted by Crippen LogP contribution is 2.31. The standard InChI is InChI=1S/C17H15ClO3/c1-2-12-5-3-4-6-15(12)21-16-9-8-14(18)11-13(16)7-10-17(19)20/h3-11H,2H2,1H3,(H,19,20)/b10-7+. The number of aliphatic carboxylic acids is 1. The van der Waals surface area contributed by atoms with E-state index in [0.29, 0.717) is 16.3 Å². The number of halogens is 1. The van der Waals surface area contributed by atoms with Crippen molar-refractivity contribution >= 4 is 23.6 Å². The van der Waals surface area contributed by atoms with Crippen molar-refractivity contribution in [3.8, 4) is 11.5 Å². The molecule has 0 aliphatic heterocycles. The van der Waals surface area contributed by atoms with Gasteiger partial charge in [0, 0.05) is 16.7 Å². The van der Waals surface area contributed by atoms with Gasteiger partial charge < -0.3 is 9.84 Å². The van der Waals surface area contributed by atoms with Gasteiger partial charge in [0.25, 0.3) is 0 Å². The van der Waals surface area contributed by atoms with Crippen molar-refractivity contribution in [2.24, 2.45) is 0 Å². The molecule has 0 spiro atoms. The van der Waals surface area contributed by atoms with Crippen LogP contribution in [0, 0.1) is 0 Å². The Balaban J connectivity index is 2.37. The van der Waals surface area contributed by atoms with Crippen molar-refractivity contribution in [1.29, 1.82) is 0 Å². The number of rotatable bonds is 5. The molecule has 0 saturated heterocycles. The summed E-state index contributed by atoms with van der Waals surface area (Å²) in [4.78, 5) is 10.7. The predicted molar refractivity (Wildman–Crippen MR) is 84.0 cm³/mol. The van der Waals surface area contributed by atoms with Gasteiger partial charge in [-0.25, -0.2) is 4.79 Å². The number of benzene rings is 2. The van der Waals surface area contributed by atoms with Gasteiger partial charge in [-0.3, -0.25) is 0 Å². The van der Waals surface area contributed by atoms with E-state index in [1.807, 2.05) is 24.3 Å². The van der Waals surface area contributed by atoms with Gasteiger partial charge in [-0.15, -0.1) is 0 Å². The van der Waals surface area contributed by atoms with Crippen LogP contribution in [0.15, 0.2) is 48.5 Å². The van der Waals surface area contributed by atoms with Crippen LogP contribution >= 0.6 is 11.6 Å². The van der Waals surface area contributed by atoms with Crippen molar-refractivity contribution in [3.63, 3.8) is 0 Å². The second-order valence-electron chi connectivity index (χ2n) is 4.42. The van der Waals surface area contributed by atoms with Crippen molar-refractivity contribution < 1.29 is 14.6 Å². The fourth-order valence-corrected chi connectivity index (χ4v) is 2.10. The quantitative estimate of drug-likeness (QED) is 0.808. The van der Waals surface area contributed by atoms with Crippen LogP contribution in [0.25, 0.3) is 6.08 Å². The number of hydrogen-bond acceptors (Lipinski definition) is 2. The molecular weight excluding hydrogens is 288 g/mol. The third-order valence-electron chi connectivity index (χ3n) is 2.95. The summed E-state index contributed by atoms with van der Waals surface area (Å²) < 4.78 is 5.92. The van der Waals surface area contributed by atoms with E-state index < -0.39 is 5.97 Å². The Hall–Kier alpha value is -2.26. The van der Waals surface area contributed by atoms with Gasteiger partial charge in [-0.05, 0) is 42.3 Å². The van der Waals surface area contributed by atoms with E-state index in [2.05, 4.69) is 6.92 Å². The molecule has 2 rings (SSSR count). The Morgan fingerprint density at radius 2 is 2.00 bits per heavy atom. The molecule has 0 aliphatic carbocycles. The maximum atomic E-state index is 10.7. The first-order chi connectivity index (χ1) is 10.1. The van der Waals surface area contributed by atoms with Crippen LogP contribution in [-0.2, 0) is 11.2 Å². The van der Waals surface area contributed by atoms with Crippen LogP contribution in [0.5, 0.6) is 11.5 Å². The van der Waals surface area contributed by atoms with Crippen molar-refractivity contribution in [2.45, 2.75) is 13.3 Å². The summed E-state index contributed by atoms with van der Waals surface area (Å²) in [5.74, 6) is 0.306. The van der Waals surface area contributed by atoms with Crippen LogP contribution < -0.4 is 4.74 Å². The first-order valence-corrected chi connectivity index (χ1v) is 6.94. The molecule has 108 valence electrons. The Labute approximate surface area is 128 Å². The molecule has 0 heterocycles. The molecule has 2 aromatic carbocycles. The number of hydrogen-bond donors (Lipinski definition) is 1. The zero-order valence-electron chi connectivity index (χ0n) is 11.5. The molecule has 1 N–H and O–H groups in total. The third kappa shape index (κ3) is 4.10. The maximum absolute atomic E-state index is 10.7. The SMILES string of the molecule is CCc1ccccc1Oc1ccc(Cl)cc1/C=C/C(=O)O. The molecule has 3 nitrogen and oxygen atoms in total. The predicted octanol–water partition coefficient (Wildman–Crippen LogP) is 4.79. The lowest BCUT2D eigenvalue weighted by molar-refractivity contribution is -0.131. The normalized spacial score (nSPS) is 10.8. The zero-order chi connectivity index (χ0) is 15.2. The number of carbonyl (C=O) groups is 1. The van der Waals surface area contributed by atoms with Gasteiger partial charge in [0.05, 0.1) is 0 Å². The lowest BCUT2D eigenvalue weighted by Crippen LogP contribution is -1.93. The van der Waals surface area contributed by atoms with Crippen LogP contribution in [0.1, 0.15) is 18.1 Å². The molecular formula is C17H15ClO3. The van der Waals surface area contributed by atoms with Crippen LogP contribution in [0.3, 0.4) is 0 Å². The third-order valence-corrected chi connectivity index (χ3v) is 3.19. The summed E-state index contributed by atoms with van der Waals surface area (Å²) in [6.45, 7) is 2.05. The van der Waals surface area contributed by atoms with E-state index >= 15 is 0 Å². The number of para-hydroxylation sites is 1. The van der Waals surface area contributed by atoms with Gasteiger partial charge in [-0.1, -0.05) is 36.7 Å². The molecule has 0 aliphatic rings. The van der Waals surface area contributed by atoms with Crippen molar-refractivity contribution in [2.75, 3.05) is 0 Å². The molecule has 0 bridgehead atoms. The van der Waals surface area contributed by atoms with Gasteiger partial charge in [-0.2, -0.15) is 0 Å². The van der Waals surface area contributed by atoms with Gasteiger partial charge in [0.2, 0.25) is 0 Å². The lowest BCUT2D eigenvalue weighted by atomic mass is 10.1. The average Bonchev–Trinajstić information content (AvgIpc) is 2.48. The molecule has 0 radical (unpaired) electrons. The van der Waals surface area contributed by atoms with Gasteiger partial charge in [0.1, 0.15) is 11.5 Å². The van der Waals surface area contributed by atoms with E-state index in [1.54, 1.807) is 18.2 Å². The van der Waals surface area contributed by atoms with Crippen molar-refractivity contribution in [1.82, 2.24) is 0 Å². The molecule has 0 aromatic heterocycles. The molecule has 21 heavy (non-hydrogen) atoms. The smallest absolute Gasteiger partial charge is 0.328 e. The Bertz CT molecular complexity index is 677. The molecule has 4 heteroatoms. The molecule has 0 saturated carbocycles. The highest BCUT2D eigenvalue weighted by Gasteiger charge is 2.07. The largest absolute Gasteiger partial charge is 0.478 e. The van der Waals surface area contributed by atoms with Crippen LogP contribution in [0.2, 0.25) is 5.02 Å². The summed E-state index contributed by atoms with van der Waals surface area (Å²) in [7, 11) is 0. The summed E-state index contributed by atoms with van der Waals surface area (Å²) in [5, 5.41) is 9.27. The summed E-state index contributed by atoms with van der Waals surface area (Å²) in [6, 6.07) is 12.9. The van der Waals surface area contributed by atoms with E-state index in [-0.39, 0.29) is 0 Å². The number of carboxylic acid groups (broad SMARTS) is 1. The highest BCUT2D eigenvalue weighted by atomic mass is 35.5. The first kappa shape index (κ1) is 15.1. The van der Waals surface area contributed by atoms with Gasteiger partial charge in [0.15, 0.2) is 0 Å². The highest BCUT2D eigenvalue weighted by molar-refractivity contribution is 6.30. The molecule has 0 amide bonds. The topological polar surface area (TPSA) is 46.5 Å². The Kier molecular flexibility index (Phi) is 5.01. The summed E-state index contributed by atoms with van der Waals surface area (Å²) >= 11 is 5.96.